The van der Waals surface area contributed by atoms with Gasteiger partial charge in [-0.05, 0) is 18.2 Å². The normalized spacial score (nSPS) is 10.9. The second kappa shape index (κ2) is 10.7. The van der Waals surface area contributed by atoms with Crippen molar-refractivity contribution in [3.8, 4) is 40.1 Å². The fourth-order valence-electron chi connectivity index (χ4n) is 3.04. The molecular formula is C22H24O10. The molecule has 0 atom stereocenters. The molecule has 10 nitrogen and oxygen atoms in total. The topological polar surface area (TPSA) is 137 Å². The van der Waals surface area contributed by atoms with Crippen LogP contribution in [0.4, 0.5) is 0 Å². The average molecular weight is 448 g/mol. The Labute approximate surface area is 183 Å². The lowest BCUT2D eigenvalue weighted by atomic mass is 10.1. The second-order valence-electron chi connectivity index (χ2n) is 6.47. The molecule has 0 spiro atoms. The molecule has 2 aromatic carbocycles. The first kappa shape index (κ1) is 23.2. The fourth-order valence-corrected chi connectivity index (χ4v) is 3.04. The molecule has 0 aliphatic rings. The zero-order valence-corrected chi connectivity index (χ0v) is 17.6. The van der Waals surface area contributed by atoms with E-state index in [1.165, 1.54) is 26.4 Å². The quantitative estimate of drug-likeness (QED) is 0.373. The summed E-state index contributed by atoms with van der Waals surface area (Å²) in [5.74, 6) is 0.509. The van der Waals surface area contributed by atoms with Crippen LogP contribution >= 0.6 is 0 Å². The maximum atomic E-state index is 13.0. The summed E-state index contributed by atoms with van der Waals surface area (Å²) in [6, 6.07) is 7.50. The van der Waals surface area contributed by atoms with Gasteiger partial charge in [0.05, 0.1) is 20.3 Å². The third kappa shape index (κ3) is 4.88. The lowest BCUT2D eigenvalue weighted by Crippen LogP contribution is -2.09. The Kier molecular flexibility index (Phi) is 7.77. The van der Waals surface area contributed by atoms with Crippen LogP contribution < -0.4 is 24.4 Å². The van der Waals surface area contributed by atoms with Gasteiger partial charge in [0, 0.05) is 24.8 Å². The molecular weight excluding hydrogens is 424 g/mol. The molecule has 3 rings (SSSR count). The number of aromatic hydroxyl groups is 1. The highest BCUT2D eigenvalue weighted by Crippen LogP contribution is 2.39. The lowest BCUT2D eigenvalue weighted by Gasteiger charge is -2.15. The molecule has 0 amide bonds. The van der Waals surface area contributed by atoms with Gasteiger partial charge in [0.1, 0.15) is 35.7 Å². The van der Waals surface area contributed by atoms with Gasteiger partial charge in [-0.15, -0.1) is 0 Å². The van der Waals surface area contributed by atoms with E-state index in [-0.39, 0.29) is 72.9 Å². The van der Waals surface area contributed by atoms with Crippen molar-refractivity contribution in [1.82, 2.24) is 0 Å². The molecule has 32 heavy (non-hydrogen) atoms. The van der Waals surface area contributed by atoms with Crippen LogP contribution in [0.5, 0.6) is 28.7 Å². The van der Waals surface area contributed by atoms with Crippen LogP contribution in [-0.2, 0) is 4.74 Å². The molecule has 0 unspecified atom stereocenters. The Morgan fingerprint density at radius 3 is 2.31 bits per heavy atom. The molecule has 0 saturated heterocycles. The number of methoxy groups -OCH3 is 2. The molecule has 172 valence electrons. The Balaban J connectivity index is 2.17. The van der Waals surface area contributed by atoms with Crippen molar-refractivity contribution in [2.45, 2.75) is 0 Å². The van der Waals surface area contributed by atoms with E-state index in [4.69, 9.17) is 38.3 Å². The Hall–Kier alpha value is -3.47. The van der Waals surface area contributed by atoms with Gasteiger partial charge in [-0.2, -0.15) is 0 Å². The van der Waals surface area contributed by atoms with E-state index < -0.39 is 5.43 Å². The molecule has 1 aromatic heterocycles. The molecule has 0 bridgehead atoms. The van der Waals surface area contributed by atoms with Crippen molar-refractivity contribution in [2.24, 2.45) is 0 Å². The van der Waals surface area contributed by atoms with Gasteiger partial charge in [0.25, 0.3) is 0 Å². The molecule has 0 aliphatic heterocycles. The van der Waals surface area contributed by atoms with E-state index in [9.17, 15) is 9.90 Å². The Morgan fingerprint density at radius 2 is 1.66 bits per heavy atom. The SMILES string of the molecule is COCOc1cc(O)c2c(=O)c(OC)c(-c3ccc(OCCO)c(OCCO)c3)oc2c1. The fraction of sp³-hybridized carbons (Fsp3) is 0.318. The van der Waals surface area contributed by atoms with Crippen LogP contribution in [0.3, 0.4) is 0 Å². The highest BCUT2D eigenvalue weighted by atomic mass is 16.7. The molecule has 0 radical (unpaired) electrons. The van der Waals surface area contributed by atoms with E-state index in [2.05, 4.69) is 0 Å². The molecule has 1 heterocycles. The number of hydrogen-bond acceptors (Lipinski definition) is 10. The zero-order valence-electron chi connectivity index (χ0n) is 17.6. The van der Waals surface area contributed by atoms with Gasteiger partial charge >= 0.3 is 0 Å². The maximum Gasteiger partial charge on any atom is 0.239 e. The minimum Gasteiger partial charge on any atom is -0.507 e. The smallest absolute Gasteiger partial charge is 0.239 e. The predicted molar refractivity (Wildman–Crippen MR) is 114 cm³/mol. The standard InChI is InChI=1S/C22H24O10/c1-27-12-31-14-10-15(25)19-18(11-14)32-21(22(28-2)20(19)26)13-3-4-16(29-7-5-23)17(9-13)30-8-6-24/h3-4,9-11,23-25H,5-8,12H2,1-2H3. The van der Waals surface area contributed by atoms with Crippen molar-refractivity contribution in [3.05, 3.63) is 40.6 Å². The van der Waals surface area contributed by atoms with Gasteiger partial charge < -0.3 is 43.4 Å². The molecule has 3 N–H and O–H groups in total. The third-order valence-electron chi connectivity index (χ3n) is 4.36. The number of rotatable bonds is 11. The minimum atomic E-state index is -0.571. The minimum absolute atomic E-state index is 0.00577. The first-order chi connectivity index (χ1) is 15.5. The van der Waals surface area contributed by atoms with Crippen molar-refractivity contribution in [2.75, 3.05) is 47.4 Å². The molecule has 0 saturated carbocycles. The summed E-state index contributed by atoms with van der Waals surface area (Å²) >= 11 is 0. The number of aliphatic hydroxyl groups is 2. The van der Waals surface area contributed by atoms with Crippen LogP contribution in [0.2, 0.25) is 0 Å². The summed E-state index contributed by atoms with van der Waals surface area (Å²) < 4.78 is 32.4. The predicted octanol–water partition coefficient (Wildman–Crippen LogP) is 1.90. The second-order valence-corrected chi connectivity index (χ2v) is 6.47. The van der Waals surface area contributed by atoms with Crippen LogP contribution in [0, 0.1) is 0 Å². The molecule has 3 aromatic rings. The van der Waals surface area contributed by atoms with Crippen molar-refractivity contribution in [3.63, 3.8) is 0 Å². The summed E-state index contributed by atoms with van der Waals surface area (Å²) in [6.45, 7) is -0.412. The third-order valence-corrected chi connectivity index (χ3v) is 4.36. The lowest BCUT2D eigenvalue weighted by molar-refractivity contribution is 0.0510. The highest BCUT2D eigenvalue weighted by Gasteiger charge is 2.21. The first-order valence-electron chi connectivity index (χ1n) is 9.65. The van der Waals surface area contributed by atoms with E-state index in [0.29, 0.717) is 11.3 Å². The Morgan fingerprint density at radius 1 is 0.938 bits per heavy atom. The van der Waals surface area contributed by atoms with E-state index >= 15 is 0 Å². The molecule has 0 fully saturated rings. The molecule has 10 heteroatoms. The largest absolute Gasteiger partial charge is 0.507 e. The van der Waals surface area contributed by atoms with Gasteiger partial charge in [0.2, 0.25) is 11.2 Å². The van der Waals surface area contributed by atoms with Gasteiger partial charge in [-0.3, -0.25) is 4.79 Å². The first-order valence-corrected chi connectivity index (χ1v) is 9.65. The van der Waals surface area contributed by atoms with Crippen molar-refractivity contribution < 1.29 is 43.4 Å². The van der Waals surface area contributed by atoms with Gasteiger partial charge in [-0.1, -0.05) is 0 Å². The summed E-state index contributed by atoms with van der Waals surface area (Å²) in [6.07, 6.45) is 0. The van der Waals surface area contributed by atoms with Crippen LogP contribution in [-0.4, -0.2) is 62.8 Å². The zero-order chi connectivity index (χ0) is 23.1. The number of aliphatic hydroxyl groups excluding tert-OH is 2. The number of fused-ring (bicyclic) bond motifs is 1. The number of ether oxygens (including phenoxy) is 5. The van der Waals surface area contributed by atoms with Gasteiger partial charge in [0.15, 0.2) is 24.1 Å². The number of phenols is 1. The summed E-state index contributed by atoms with van der Waals surface area (Å²) in [7, 11) is 2.77. The number of benzene rings is 2. The van der Waals surface area contributed by atoms with Crippen LogP contribution in [0.25, 0.3) is 22.3 Å². The van der Waals surface area contributed by atoms with E-state index in [0.717, 1.165) is 0 Å². The number of hydrogen-bond donors (Lipinski definition) is 3. The maximum absolute atomic E-state index is 13.0. The summed E-state index contributed by atoms with van der Waals surface area (Å²) in [5.41, 5.74) is -0.0684. The summed E-state index contributed by atoms with van der Waals surface area (Å²) in [5, 5.41) is 28.4. The van der Waals surface area contributed by atoms with Crippen molar-refractivity contribution >= 4 is 11.0 Å². The van der Waals surface area contributed by atoms with Gasteiger partial charge in [-0.25, -0.2) is 0 Å². The highest BCUT2D eigenvalue weighted by molar-refractivity contribution is 5.88. The van der Waals surface area contributed by atoms with Crippen molar-refractivity contribution in [1.29, 1.82) is 0 Å². The Bertz CT molecular complexity index is 1120. The monoisotopic (exact) mass is 448 g/mol. The van der Waals surface area contributed by atoms with E-state index in [1.807, 2.05) is 0 Å². The van der Waals surface area contributed by atoms with Crippen LogP contribution in [0.1, 0.15) is 0 Å². The average Bonchev–Trinajstić information content (AvgIpc) is 2.79. The van der Waals surface area contributed by atoms with E-state index in [1.54, 1.807) is 18.2 Å². The molecule has 0 aliphatic carbocycles. The van der Waals surface area contributed by atoms with Crippen LogP contribution in [0.15, 0.2) is 39.5 Å². The number of phenolic OH excluding ortho intramolecular Hbond substituents is 1. The summed E-state index contributed by atoms with van der Waals surface area (Å²) in [4.78, 5) is 13.0.